The molecule has 0 spiro atoms. The van der Waals surface area contributed by atoms with Crippen LogP contribution in [0.2, 0.25) is 0 Å². The predicted octanol–water partition coefficient (Wildman–Crippen LogP) is -3.40. The van der Waals surface area contributed by atoms with Crippen LogP contribution in [0.25, 0.3) is 0 Å². The minimum atomic E-state index is 0. The van der Waals surface area contributed by atoms with Gasteiger partial charge < -0.3 is 23.3 Å². The zero-order valence-electron chi connectivity index (χ0n) is 4.45. The average Bonchev–Trinajstić information content (AvgIpc) is 1.61. The molecule has 0 aromatic carbocycles. The first kappa shape index (κ1) is 19.7. The second-order valence-corrected chi connectivity index (χ2v) is 7.35. The first-order valence-electron chi connectivity index (χ1n) is 0.833. The molecule has 8 heavy (non-hydrogen) atoms. The molecule has 0 unspecified atom stereocenters. The first-order valence-corrected chi connectivity index (χ1v) is 7.50. The van der Waals surface area contributed by atoms with Gasteiger partial charge in [0.2, 0.25) is 0 Å². The fourth-order valence-corrected chi connectivity index (χ4v) is 5.51. The fourth-order valence-electron chi connectivity index (χ4n) is 0.0227. The van der Waals surface area contributed by atoms with Crippen molar-refractivity contribution in [2.75, 3.05) is 0 Å². The summed E-state index contributed by atoms with van der Waals surface area (Å²) in [6, 6.07) is 0. The van der Waals surface area contributed by atoms with Crippen molar-refractivity contribution < 1.29 is 138 Å². The van der Waals surface area contributed by atoms with Gasteiger partial charge in [-0.05, 0) is 19.7 Å². The Hall–Kier alpha value is 6.20. The van der Waals surface area contributed by atoms with Crippen LogP contribution in [0.1, 0.15) is 0 Å². The standard InChI is InChI=1S/2Cs.H2S6/c;;1-3-5-6-4-2/h;;1-2H/q2*+1;/p-2. The van der Waals surface area contributed by atoms with Gasteiger partial charge >= 0.3 is 138 Å². The first-order chi connectivity index (χ1) is 2.91. The molecule has 0 radical (unpaired) electrons. The molecular weight excluding hydrogens is 458 g/mol. The quantitative estimate of drug-likeness (QED) is 0.244. The zero-order valence-corrected chi connectivity index (χ0v) is 21.9. The van der Waals surface area contributed by atoms with Crippen LogP contribution in [-0.4, -0.2) is 0 Å². The number of rotatable bonds is 3. The third-order valence-electron chi connectivity index (χ3n) is 0.0833. The normalized spacial score (nSPS) is 6.75. The Morgan fingerprint density at radius 1 is 0.750 bits per heavy atom. The van der Waals surface area contributed by atoms with E-state index in [1.165, 1.54) is 39.3 Å². The largest absolute Gasteiger partial charge is 1.00 e. The Morgan fingerprint density at radius 3 is 1.12 bits per heavy atom. The van der Waals surface area contributed by atoms with E-state index in [-0.39, 0.29) is 138 Å². The molecular formula is Cs2S6. The molecule has 0 aliphatic heterocycles. The maximum Gasteiger partial charge on any atom is 1.00 e. The minimum absolute atomic E-state index is 0. The molecule has 0 amide bonds. The molecule has 0 heterocycles. The second-order valence-electron chi connectivity index (χ2n) is 0.272. The monoisotopic (exact) mass is 458 g/mol. The Morgan fingerprint density at radius 2 is 1.00 bits per heavy atom. The van der Waals surface area contributed by atoms with E-state index in [2.05, 4.69) is 23.3 Å². The summed E-state index contributed by atoms with van der Waals surface area (Å²) in [5, 5.41) is 0. The topological polar surface area (TPSA) is 0 Å². The van der Waals surface area contributed by atoms with Crippen LogP contribution < -0.4 is 138 Å². The molecule has 0 aromatic rings. The van der Waals surface area contributed by atoms with Crippen molar-refractivity contribution >= 4 is 62.6 Å². The van der Waals surface area contributed by atoms with E-state index in [4.69, 9.17) is 0 Å². The molecule has 0 N–H and O–H groups in total. The summed E-state index contributed by atoms with van der Waals surface area (Å²) in [5.74, 6) is 0. The minimum Gasteiger partial charge on any atom is -0.706 e. The molecule has 0 saturated heterocycles. The van der Waals surface area contributed by atoms with E-state index >= 15 is 0 Å². The van der Waals surface area contributed by atoms with E-state index in [0.29, 0.717) is 0 Å². The summed E-state index contributed by atoms with van der Waals surface area (Å²) in [6.07, 6.45) is 0. The van der Waals surface area contributed by atoms with Crippen LogP contribution in [0.15, 0.2) is 0 Å². The Labute approximate surface area is 193 Å². The molecule has 0 nitrogen and oxygen atoms in total. The molecule has 0 aliphatic rings. The van der Waals surface area contributed by atoms with Crippen molar-refractivity contribution in [2.45, 2.75) is 0 Å². The van der Waals surface area contributed by atoms with Gasteiger partial charge in [0.15, 0.2) is 0 Å². The van der Waals surface area contributed by atoms with E-state index < -0.39 is 0 Å². The number of hydrogen-bond acceptors (Lipinski definition) is 6. The summed E-state index contributed by atoms with van der Waals surface area (Å²) in [7, 11) is 5.63. The number of hydrogen-bond donors (Lipinski definition) is 0. The summed E-state index contributed by atoms with van der Waals surface area (Å²) in [6.45, 7) is 0. The Bertz CT molecular complexity index is 18.5. The van der Waals surface area contributed by atoms with Crippen LogP contribution in [0.5, 0.6) is 0 Å². The van der Waals surface area contributed by atoms with Crippen molar-refractivity contribution in [3.63, 3.8) is 0 Å². The van der Waals surface area contributed by atoms with Crippen LogP contribution in [-0.2, 0) is 23.3 Å². The van der Waals surface area contributed by atoms with Crippen molar-refractivity contribution in [3.8, 4) is 0 Å². The Balaban J connectivity index is -0.000000125. The van der Waals surface area contributed by atoms with Gasteiger partial charge in [-0.15, -0.1) is 0 Å². The van der Waals surface area contributed by atoms with Gasteiger partial charge in [0.1, 0.15) is 0 Å². The van der Waals surface area contributed by atoms with Gasteiger partial charge in [-0.3, -0.25) is 19.7 Å². The van der Waals surface area contributed by atoms with Crippen LogP contribution in [0.4, 0.5) is 0 Å². The van der Waals surface area contributed by atoms with Gasteiger partial charge in [-0.2, -0.15) is 0 Å². The summed E-state index contributed by atoms with van der Waals surface area (Å²) in [5.41, 5.74) is 0. The molecule has 38 valence electrons. The van der Waals surface area contributed by atoms with Gasteiger partial charge in [-0.1, -0.05) is 0 Å². The summed E-state index contributed by atoms with van der Waals surface area (Å²) >= 11 is 9.03. The van der Waals surface area contributed by atoms with E-state index in [1.54, 1.807) is 0 Å². The molecule has 0 atom stereocenters. The Kier molecular flexibility index (Phi) is 46.6. The average molecular weight is 458 g/mol. The van der Waals surface area contributed by atoms with Crippen molar-refractivity contribution in [1.29, 1.82) is 0 Å². The molecule has 0 bridgehead atoms. The third kappa shape index (κ3) is 18.1. The molecule has 0 saturated carbocycles. The van der Waals surface area contributed by atoms with Crippen molar-refractivity contribution in [3.05, 3.63) is 0 Å². The van der Waals surface area contributed by atoms with E-state index in [0.717, 1.165) is 0 Å². The summed E-state index contributed by atoms with van der Waals surface area (Å²) < 4.78 is 0. The van der Waals surface area contributed by atoms with Crippen LogP contribution >= 0.6 is 39.3 Å². The fraction of sp³-hybridized carbons (Fsp3) is 0. The maximum atomic E-state index is 4.52. The van der Waals surface area contributed by atoms with Crippen molar-refractivity contribution in [1.82, 2.24) is 0 Å². The van der Waals surface area contributed by atoms with Crippen LogP contribution in [0, 0.1) is 0 Å². The summed E-state index contributed by atoms with van der Waals surface area (Å²) in [4.78, 5) is 0. The molecule has 0 rings (SSSR count). The third-order valence-corrected chi connectivity index (χ3v) is 6.75. The second kappa shape index (κ2) is 18.9. The predicted molar refractivity (Wildman–Crippen MR) is 45.1 cm³/mol. The van der Waals surface area contributed by atoms with E-state index in [9.17, 15) is 0 Å². The van der Waals surface area contributed by atoms with Gasteiger partial charge in [-0.25, -0.2) is 0 Å². The van der Waals surface area contributed by atoms with Crippen molar-refractivity contribution in [2.24, 2.45) is 0 Å². The van der Waals surface area contributed by atoms with Gasteiger partial charge in [0, 0.05) is 0 Å². The smallest absolute Gasteiger partial charge is 0.706 e. The van der Waals surface area contributed by atoms with E-state index in [1.807, 2.05) is 0 Å². The zero-order chi connectivity index (χ0) is 4.83. The molecule has 0 aromatic heterocycles. The molecule has 0 aliphatic carbocycles. The maximum absolute atomic E-state index is 4.52. The SMILES string of the molecule is [Cs+].[Cs+].[S-]SSSS[S-]. The van der Waals surface area contributed by atoms with Gasteiger partial charge in [0.05, 0.1) is 0 Å². The van der Waals surface area contributed by atoms with Gasteiger partial charge in [0.25, 0.3) is 0 Å². The molecule has 8 heteroatoms. The van der Waals surface area contributed by atoms with Crippen LogP contribution in [0.3, 0.4) is 0 Å². The molecule has 0 fully saturated rings.